The van der Waals surface area contributed by atoms with Crippen molar-refractivity contribution in [3.05, 3.63) is 22.4 Å². The number of nitrogens with zero attached hydrogens (tertiary/aromatic N) is 1. The van der Waals surface area contributed by atoms with Crippen LogP contribution in [0.4, 0.5) is 0 Å². The Labute approximate surface area is 109 Å². The van der Waals surface area contributed by atoms with Crippen LogP contribution in [0.25, 0.3) is 0 Å². The van der Waals surface area contributed by atoms with Gasteiger partial charge in [0.15, 0.2) is 0 Å². The van der Waals surface area contributed by atoms with E-state index >= 15 is 0 Å². The van der Waals surface area contributed by atoms with E-state index in [1.54, 1.807) is 0 Å². The number of hydrogen-bond acceptors (Lipinski definition) is 3. The zero-order valence-corrected chi connectivity index (χ0v) is 12.0. The minimum atomic E-state index is 0.595. The normalized spacial score (nSPS) is 24.8. The molecule has 0 bridgehead atoms. The summed E-state index contributed by atoms with van der Waals surface area (Å²) in [7, 11) is 0. The molecule has 0 spiro atoms. The minimum Gasteiger partial charge on any atom is -0.313 e. The third-order valence-electron chi connectivity index (χ3n) is 3.48. The summed E-state index contributed by atoms with van der Waals surface area (Å²) in [6, 6.07) is 5.67. The fourth-order valence-electron chi connectivity index (χ4n) is 2.78. The van der Waals surface area contributed by atoms with Crippen LogP contribution in [0.1, 0.15) is 38.1 Å². The second-order valence-electron chi connectivity index (χ2n) is 5.41. The first-order valence-corrected chi connectivity index (χ1v) is 7.57. The number of thiophene rings is 1. The molecule has 2 rings (SSSR count). The largest absolute Gasteiger partial charge is 0.313 e. The van der Waals surface area contributed by atoms with Gasteiger partial charge in [0.1, 0.15) is 0 Å². The third kappa shape index (κ3) is 3.30. The van der Waals surface area contributed by atoms with Gasteiger partial charge in [0.05, 0.1) is 0 Å². The van der Waals surface area contributed by atoms with Crippen molar-refractivity contribution >= 4 is 11.3 Å². The molecular weight excluding hydrogens is 228 g/mol. The van der Waals surface area contributed by atoms with Crippen LogP contribution >= 0.6 is 11.3 Å². The summed E-state index contributed by atoms with van der Waals surface area (Å²) in [5, 5.41) is 5.77. The Bertz CT molecular complexity index is 321. The Kier molecular flexibility index (Phi) is 4.60. The molecule has 3 heteroatoms. The van der Waals surface area contributed by atoms with Crippen LogP contribution in [0.5, 0.6) is 0 Å². The van der Waals surface area contributed by atoms with Gasteiger partial charge in [-0.25, -0.2) is 0 Å². The fourth-order valence-corrected chi connectivity index (χ4v) is 3.81. The minimum absolute atomic E-state index is 0.595. The first kappa shape index (κ1) is 13.1. The van der Waals surface area contributed by atoms with Crippen LogP contribution in [0, 0.1) is 5.92 Å². The van der Waals surface area contributed by atoms with Crippen LogP contribution in [-0.4, -0.2) is 30.6 Å². The molecular formula is C14H24N2S. The van der Waals surface area contributed by atoms with Gasteiger partial charge in [-0.1, -0.05) is 19.9 Å². The molecule has 1 aliphatic heterocycles. The van der Waals surface area contributed by atoms with Crippen molar-refractivity contribution in [1.29, 1.82) is 0 Å². The highest BCUT2D eigenvalue weighted by molar-refractivity contribution is 7.10. The van der Waals surface area contributed by atoms with Gasteiger partial charge in [-0.05, 0) is 37.3 Å². The molecule has 1 aromatic rings. The molecule has 0 aromatic carbocycles. The Balaban J connectivity index is 2.15. The molecule has 2 nitrogen and oxygen atoms in total. The summed E-state index contributed by atoms with van der Waals surface area (Å²) in [4.78, 5) is 4.19. The fraction of sp³-hybridized carbons (Fsp3) is 0.714. The van der Waals surface area contributed by atoms with E-state index in [0.717, 1.165) is 6.54 Å². The van der Waals surface area contributed by atoms with Gasteiger partial charge in [-0.15, -0.1) is 11.3 Å². The lowest BCUT2D eigenvalue weighted by molar-refractivity contribution is 0.158. The molecule has 0 aliphatic carbocycles. The highest BCUT2D eigenvalue weighted by Gasteiger charge is 2.26. The molecule has 2 heterocycles. The molecule has 2 atom stereocenters. The van der Waals surface area contributed by atoms with E-state index in [1.165, 1.54) is 24.4 Å². The molecule has 2 unspecified atom stereocenters. The Morgan fingerprint density at radius 2 is 2.29 bits per heavy atom. The Morgan fingerprint density at radius 1 is 1.47 bits per heavy atom. The van der Waals surface area contributed by atoms with Crippen molar-refractivity contribution in [3.63, 3.8) is 0 Å². The van der Waals surface area contributed by atoms with E-state index in [0.29, 0.717) is 18.0 Å². The Morgan fingerprint density at radius 3 is 2.94 bits per heavy atom. The summed E-state index contributed by atoms with van der Waals surface area (Å²) in [5.74, 6) is 0.680. The molecule has 17 heavy (non-hydrogen) atoms. The maximum atomic E-state index is 3.58. The predicted octanol–water partition coefficient (Wildman–Crippen LogP) is 3.13. The molecule has 96 valence electrons. The lowest BCUT2D eigenvalue weighted by atomic mass is 10.00. The number of rotatable bonds is 3. The van der Waals surface area contributed by atoms with Crippen molar-refractivity contribution in [1.82, 2.24) is 10.2 Å². The average Bonchev–Trinajstić information content (AvgIpc) is 2.69. The zero-order chi connectivity index (χ0) is 12.3. The summed E-state index contributed by atoms with van der Waals surface area (Å²) in [6.45, 7) is 10.5. The van der Waals surface area contributed by atoms with Crippen LogP contribution in [0.3, 0.4) is 0 Å². The molecule has 0 radical (unpaired) electrons. The zero-order valence-electron chi connectivity index (χ0n) is 11.1. The van der Waals surface area contributed by atoms with Crippen LogP contribution in [0.2, 0.25) is 0 Å². The van der Waals surface area contributed by atoms with E-state index < -0.39 is 0 Å². The average molecular weight is 252 g/mol. The summed E-state index contributed by atoms with van der Waals surface area (Å²) >= 11 is 1.90. The van der Waals surface area contributed by atoms with Gasteiger partial charge in [0.2, 0.25) is 0 Å². The summed E-state index contributed by atoms with van der Waals surface area (Å²) in [5.41, 5.74) is 0. The van der Waals surface area contributed by atoms with E-state index in [2.05, 4.69) is 48.5 Å². The maximum absolute atomic E-state index is 3.58. The predicted molar refractivity (Wildman–Crippen MR) is 75.6 cm³/mol. The molecule has 1 fully saturated rings. The standard InChI is InChI=1S/C14H24N2S/c1-11(2)14(13-6-4-9-17-13)16-8-5-7-15-12(3)10-16/h4,6,9,11-12,14-15H,5,7-8,10H2,1-3H3. The van der Waals surface area contributed by atoms with Crippen LogP contribution in [0.15, 0.2) is 17.5 Å². The quantitative estimate of drug-likeness (QED) is 0.889. The molecule has 1 aromatic heterocycles. The van der Waals surface area contributed by atoms with Crippen molar-refractivity contribution in [3.8, 4) is 0 Å². The smallest absolute Gasteiger partial charge is 0.0465 e. The second kappa shape index (κ2) is 5.98. The van der Waals surface area contributed by atoms with Gasteiger partial charge in [-0.2, -0.15) is 0 Å². The van der Waals surface area contributed by atoms with Crippen molar-refractivity contribution in [2.24, 2.45) is 5.92 Å². The van der Waals surface area contributed by atoms with Gasteiger partial charge < -0.3 is 5.32 Å². The van der Waals surface area contributed by atoms with Crippen molar-refractivity contribution < 1.29 is 0 Å². The molecule has 1 N–H and O–H groups in total. The highest BCUT2D eigenvalue weighted by atomic mass is 32.1. The molecule has 1 saturated heterocycles. The first-order chi connectivity index (χ1) is 8.18. The van der Waals surface area contributed by atoms with Gasteiger partial charge >= 0.3 is 0 Å². The van der Waals surface area contributed by atoms with E-state index in [-0.39, 0.29) is 0 Å². The van der Waals surface area contributed by atoms with Gasteiger partial charge in [0, 0.05) is 30.1 Å². The van der Waals surface area contributed by atoms with Crippen LogP contribution in [-0.2, 0) is 0 Å². The van der Waals surface area contributed by atoms with E-state index in [1.807, 2.05) is 11.3 Å². The number of nitrogens with one attached hydrogen (secondary N) is 1. The summed E-state index contributed by atoms with van der Waals surface area (Å²) < 4.78 is 0. The first-order valence-electron chi connectivity index (χ1n) is 6.69. The summed E-state index contributed by atoms with van der Waals surface area (Å²) in [6.07, 6.45) is 1.26. The topological polar surface area (TPSA) is 15.3 Å². The third-order valence-corrected chi connectivity index (χ3v) is 4.43. The molecule has 0 saturated carbocycles. The van der Waals surface area contributed by atoms with Crippen molar-refractivity contribution in [2.45, 2.75) is 39.3 Å². The lowest BCUT2D eigenvalue weighted by Crippen LogP contribution is -2.38. The Hall–Kier alpha value is -0.380. The second-order valence-corrected chi connectivity index (χ2v) is 6.39. The van der Waals surface area contributed by atoms with E-state index in [9.17, 15) is 0 Å². The SMILES string of the molecule is CC1CN(C(c2cccs2)C(C)C)CCCN1. The molecule has 0 amide bonds. The van der Waals surface area contributed by atoms with Gasteiger partial charge in [-0.3, -0.25) is 4.90 Å². The van der Waals surface area contributed by atoms with E-state index in [4.69, 9.17) is 0 Å². The van der Waals surface area contributed by atoms with Gasteiger partial charge in [0.25, 0.3) is 0 Å². The highest BCUT2D eigenvalue weighted by Crippen LogP contribution is 2.32. The number of hydrogen-bond donors (Lipinski definition) is 1. The maximum Gasteiger partial charge on any atom is 0.0465 e. The lowest BCUT2D eigenvalue weighted by Gasteiger charge is -2.34. The molecule has 1 aliphatic rings. The van der Waals surface area contributed by atoms with Crippen LogP contribution < -0.4 is 5.32 Å². The monoisotopic (exact) mass is 252 g/mol. The van der Waals surface area contributed by atoms with Crippen molar-refractivity contribution in [2.75, 3.05) is 19.6 Å².